The number of aromatic nitrogens is 2. The largest absolute Gasteiger partial charge is 0.494 e. The SMILES string of the molecule is CCCCCCCCCOc1ccc2c(c1)[nH]c1c(C)nccc12.Cl. The third-order valence-corrected chi connectivity index (χ3v) is 4.70. The van der Waals surface area contributed by atoms with Crippen molar-refractivity contribution in [3.63, 3.8) is 0 Å². The molecule has 0 amide bonds. The zero-order valence-corrected chi connectivity index (χ0v) is 16.1. The van der Waals surface area contributed by atoms with E-state index in [0.29, 0.717) is 0 Å². The van der Waals surface area contributed by atoms with Crippen molar-refractivity contribution in [2.75, 3.05) is 6.61 Å². The molecule has 2 heterocycles. The van der Waals surface area contributed by atoms with E-state index in [-0.39, 0.29) is 12.4 Å². The molecule has 1 N–H and O–H groups in total. The molecule has 3 aromatic rings. The lowest BCUT2D eigenvalue weighted by Crippen LogP contribution is -1.97. The molecule has 0 saturated carbocycles. The van der Waals surface area contributed by atoms with E-state index < -0.39 is 0 Å². The fraction of sp³-hybridized carbons (Fsp3) is 0.476. The molecule has 3 nitrogen and oxygen atoms in total. The van der Waals surface area contributed by atoms with Crippen LogP contribution in [-0.4, -0.2) is 16.6 Å². The number of hydrogen-bond donors (Lipinski definition) is 1. The van der Waals surface area contributed by atoms with Gasteiger partial charge in [-0.2, -0.15) is 0 Å². The third-order valence-electron chi connectivity index (χ3n) is 4.70. The molecule has 0 aliphatic heterocycles. The topological polar surface area (TPSA) is 37.9 Å². The van der Waals surface area contributed by atoms with Crippen LogP contribution < -0.4 is 4.74 Å². The molecule has 0 aliphatic carbocycles. The van der Waals surface area contributed by atoms with Crippen molar-refractivity contribution >= 4 is 34.2 Å². The minimum atomic E-state index is 0. The molecule has 0 unspecified atom stereocenters. The van der Waals surface area contributed by atoms with Gasteiger partial charge in [0, 0.05) is 23.0 Å². The van der Waals surface area contributed by atoms with E-state index in [4.69, 9.17) is 4.74 Å². The average Bonchev–Trinajstić information content (AvgIpc) is 2.97. The number of nitrogens with zero attached hydrogens (tertiary/aromatic N) is 1. The molecular weight excluding hydrogens is 332 g/mol. The minimum Gasteiger partial charge on any atom is -0.494 e. The van der Waals surface area contributed by atoms with Crippen LogP contribution in [0.25, 0.3) is 21.8 Å². The first-order valence-electron chi connectivity index (χ1n) is 9.29. The predicted molar refractivity (Wildman–Crippen MR) is 109 cm³/mol. The number of fused-ring (bicyclic) bond motifs is 3. The highest BCUT2D eigenvalue weighted by Crippen LogP contribution is 2.29. The molecule has 0 bridgehead atoms. The molecule has 1 aromatic carbocycles. The number of rotatable bonds is 9. The highest BCUT2D eigenvalue weighted by molar-refractivity contribution is 6.08. The zero-order valence-electron chi connectivity index (χ0n) is 15.3. The van der Waals surface area contributed by atoms with Gasteiger partial charge in [-0.15, -0.1) is 12.4 Å². The van der Waals surface area contributed by atoms with Gasteiger partial charge in [-0.1, -0.05) is 45.4 Å². The number of ether oxygens (including phenoxy) is 1. The number of unbranched alkanes of at least 4 members (excludes halogenated alkanes) is 6. The Morgan fingerprint density at radius 3 is 2.52 bits per heavy atom. The van der Waals surface area contributed by atoms with Crippen molar-refractivity contribution in [2.45, 2.75) is 58.8 Å². The standard InChI is InChI=1S/C21H28N2O.ClH/c1-3-4-5-6-7-8-9-14-24-17-10-11-18-19-12-13-22-16(2)21(19)23-20(18)15-17;/h10-13,15,23H,3-9,14H2,1-2H3;1H. The number of H-pyrrole nitrogens is 1. The van der Waals surface area contributed by atoms with E-state index in [1.165, 1.54) is 49.3 Å². The number of halogens is 1. The summed E-state index contributed by atoms with van der Waals surface area (Å²) in [5, 5.41) is 2.47. The summed E-state index contributed by atoms with van der Waals surface area (Å²) < 4.78 is 5.93. The van der Waals surface area contributed by atoms with Gasteiger partial charge >= 0.3 is 0 Å². The van der Waals surface area contributed by atoms with E-state index >= 15 is 0 Å². The molecule has 0 fully saturated rings. The summed E-state index contributed by atoms with van der Waals surface area (Å²) in [6.45, 7) is 5.10. The summed E-state index contributed by atoms with van der Waals surface area (Å²) in [5.74, 6) is 0.950. The van der Waals surface area contributed by atoms with E-state index in [2.05, 4.69) is 41.2 Å². The Labute approximate surface area is 156 Å². The zero-order chi connectivity index (χ0) is 16.8. The van der Waals surface area contributed by atoms with Crippen LogP contribution in [0.3, 0.4) is 0 Å². The van der Waals surface area contributed by atoms with Gasteiger partial charge in [0.1, 0.15) is 5.75 Å². The monoisotopic (exact) mass is 360 g/mol. The van der Waals surface area contributed by atoms with Crippen molar-refractivity contribution in [1.29, 1.82) is 0 Å². The second-order valence-electron chi connectivity index (χ2n) is 6.62. The van der Waals surface area contributed by atoms with Crippen LogP contribution in [0.4, 0.5) is 0 Å². The van der Waals surface area contributed by atoms with E-state index in [0.717, 1.165) is 35.5 Å². The van der Waals surface area contributed by atoms with Crippen molar-refractivity contribution in [2.24, 2.45) is 0 Å². The van der Waals surface area contributed by atoms with Gasteiger partial charge in [0.25, 0.3) is 0 Å². The number of nitrogens with one attached hydrogen (secondary N) is 1. The number of pyridine rings is 1. The average molecular weight is 361 g/mol. The highest BCUT2D eigenvalue weighted by atomic mass is 35.5. The lowest BCUT2D eigenvalue weighted by molar-refractivity contribution is 0.304. The van der Waals surface area contributed by atoms with Crippen LogP contribution in [0.15, 0.2) is 30.5 Å². The van der Waals surface area contributed by atoms with Crippen LogP contribution in [0.2, 0.25) is 0 Å². The van der Waals surface area contributed by atoms with Gasteiger partial charge in [-0.25, -0.2) is 0 Å². The Morgan fingerprint density at radius 1 is 0.960 bits per heavy atom. The fourth-order valence-corrected chi connectivity index (χ4v) is 3.28. The molecule has 0 radical (unpaired) electrons. The second-order valence-corrected chi connectivity index (χ2v) is 6.62. The van der Waals surface area contributed by atoms with E-state index in [1.54, 1.807) is 0 Å². The Kier molecular flexibility index (Phi) is 7.57. The van der Waals surface area contributed by atoms with E-state index in [1.807, 2.05) is 13.1 Å². The number of benzene rings is 1. The van der Waals surface area contributed by atoms with Crippen LogP contribution in [0.5, 0.6) is 5.75 Å². The van der Waals surface area contributed by atoms with Gasteiger partial charge in [0.2, 0.25) is 0 Å². The Balaban J connectivity index is 0.00000225. The third kappa shape index (κ3) is 4.88. The predicted octanol–water partition coefficient (Wildman–Crippen LogP) is 6.58. The summed E-state index contributed by atoms with van der Waals surface area (Å²) in [7, 11) is 0. The Hall–Kier alpha value is -1.74. The molecule has 4 heteroatoms. The minimum absolute atomic E-state index is 0. The fourth-order valence-electron chi connectivity index (χ4n) is 3.28. The molecule has 25 heavy (non-hydrogen) atoms. The van der Waals surface area contributed by atoms with Crippen LogP contribution >= 0.6 is 12.4 Å². The van der Waals surface area contributed by atoms with Gasteiger partial charge < -0.3 is 9.72 Å². The first kappa shape index (κ1) is 19.6. The maximum atomic E-state index is 5.93. The summed E-state index contributed by atoms with van der Waals surface area (Å²) in [4.78, 5) is 7.83. The van der Waals surface area contributed by atoms with Crippen LogP contribution in [0.1, 0.15) is 57.6 Å². The molecule has 0 atom stereocenters. The maximum Gasteiger partial charge on any atom is 0.121 e. The molecule has 3 rings (SSSR count). The second kappa shape index (κ2) is 9.67. The van der Waals surface area contributed by atoms with E-state index in [9.17, 15) is 0 Å². The molecule has 2 aromatic heterocycles. The van der Waals surface area contributed by atoms with Crippen molar-refractivity contribution in [3.8, 4) is 5.75 Å². The normalized spacial score (nSPS) is 11.0. The van der Waals surface area contributed by atoms with Gasteiger partial charge in [-0.05, 0) is 31.5 Å². The van der Waals surface area contributed by atoms with Crippen molar-refractivity contribution in [1.82, 2.24) is 9.97 Å². The van der Waals surface area contributed by atoms with Gasteiger partial charge in [0.15, 0.2) is 0 Å². The molecule has 136 valence electrons. The van der Waals surface area contributed by atoms with Gasteiger partial charge in [-0.3, -0.25) is 4.98 Å². The summed E-state index contributed by atoms with van der Waals surface area (Å²) in [6, 6.07) is 8.40. The summed E-state index contributed by atoms with van der Waals surface area (Å²) in [6.07, 6.45) is 11.0. The maximum absolute atomic E-state index is 5.93. The van der Waals surface area contributed by atoms with Crippen LogP contribution in [-0.2, 0) is 0 Å². The van der Waals surface area contributed by atoms with Crippen LogP contribution in [0, 0.1) is 6.92 Å². The number of hydrogen-bond acceptors (Lipinski definition) is 2. The summed E-state index contributed by atoms with van der Waals surface area (Å²) in [5.41, 5.74) is 3.28. The first-order valence-corrected chi connectivity index (χ1v) is 9.29. The molecule has 0 saturated heterocycles. The number of aromatic amines is 1. The molecule has 0 spiro atoms. The quantitative estimate of drug-likeness (QED) is 0.438. The lowest BCUT2D eigenvalue weighted by Gasteiger charge is -2.06. The number of aryl methyl sites for hydroxylation is 1. The lowest BCUT2D eigenvalue weighted by atomic mass is 10.1. The highest BCUT2D eigenvalue weighted by Gasteiger charge is 2.07. The summed E-state index contributed by atoms with van der Waals surface area (Å²) >= 11 is 0. The molecule has 0 aliphatic rings. The smallest absolute Gasteiger partial charge is 0.121 e. The Bertz CT molecular complexity index is 797. The Morgan fingerprint density at radius 2 is 1.72 bits per heavy atom. The van der Waals surface area contributed by atoms with Crippen molar-refractivity contribution in [3.05, 3.63) is 36.2 Å². The van der Waals surface area contributed by atoms with Crippen molar-refractivity contribution < 1.29 is 4.74 Å². The first-order chi connectivity index (χ1) is 11.8. The van der Waals surface area contributed by atoms with Gasteiger partial charge in [0.05, 0.1) is 23.3 Å². The molecular formula is C21H29ClN2O.